The molecule has 0 radical (unpaired) electrons. The number of amides is 1. The fraction of sp³-hybridized carbons (Fsp3) is 0.263. The number of hydrogen-bond donors (Lipinski definition) is 2. The summed E-state index contributed by atoms with van der Waals surface area (Å²) in [6.07, 6.45) is 6.95. The van der Waals surface area contributed by atoms with Crippen molar-refractivity contribution in [3.05, 3.63) is 60.6 Å². The van der Waals surface area contributed by atoms with E-state index in [0.717, 1.165) is 29.9 Å². The van der Waals surface area contributed by atoms with Crippen LogP contribution in [0.2, 0.25) is 0 Å². The van der Waals surface area contributed by atoms with Gasteiger partial charge < -0.3 is 10.6 Å². The van der Waals surface area contributed by atoms with Crippen LogP contribution >= 0.6 is 0 Å². The van der Waals surface area contributed by atoms with Crippen molar-refractivity contribution in [1.82, 2.24) is 25.3 Å². The number of pyridine rings is 1. The van der Waals surface area contributed by atoms with E-state index in [0.29, 0.717) is 13.0 Å². The molecule has 1 aliphatic rings. The summed E-state index contributed by atoms with van der Waals surface area (Å²) in [6, 6.07) is 12.2. The van der Waals surface area contributed by atoms with E-state index in [-0.39, 0.29) is 11.9 Å². The highest BCUT2D eigenvalue weighted by molar-refractivity contribution is 5.78. The minimum Gasteiger partial charge on any atom is -0.381 e. The van der Waals surface area contributed by atoms with Crippen LogP contribution in [0.1, 0.15) is 18.4 Å². The number of nitrogens with zero attached hydrogens (tertiary/aromatic N) is 4. The second-order valence-electron chi connectivity index (χ2n) is 6.42. The number of aromatic nitrogens is 4. The van der Waals surface area contributed by atoms with Crippen LogP contribution in [0, 0.1) is 0 Å². The smallest absolute Gasteiger partial charge is 0.220 e. The van der Waals surface area contributed by atoms with Gasteiger partial charge in [-0.15, -0.1) is 5.10 Å². The number of rotatable bonds is 6. The molecule has 1 aliphatic heterocycles. The van der Waals surface area contributed by atoms with Crippen molar-refractivity contribution in [1.29, 1.82) is 0 Å². The molecular formula is C19H20N6O. The Morgan fingerprint density at radius 2 is 2.12 bits per heavy atom. The first kappa shape index (κ1) is 16.3. The molecule has 7 heteroatoms. The lowest BCUT2D eigenvalue weighted by atomic mass is 10.1. The van der Waals surface area contributed by atoms with Crippen LogP contribution in [0.4, 0.5) is 5.69 Å². The van der Waals surface area contributed by atoms with Gasteiger partial charge in [0.2, 0.25) is 5.91 Å². The van der Waals surface area contributed by atoms with Crippen LogP contribution in [0.3, 0.4) is 0 Å². The summed E-state index contributed by atoms with van der Waals surface area (Å²) in [7, 11) is 0. The average Bonchev–Trinajstić information content (AvgIpc) is 3.30. The summed E-state index contributed by atoms with van der Waals surface area (Å²) >= 11 is 0. The summed E-state index contributed by atoms with van der Waals surface area (Å²) in [5, 5.41) is 14.8. The molecule has 7 nitrogen and oxygen atoms in total. The lowest BCUT2D eigenvalue weighted by Gasteiger charge is -2.08. The van der Waals surface area contributed by atoms with Gasteiger partial charge in [-0.25, -0.2) is 4.68 Å². The predicted octanol–water partition coefficient (Wildman–Crippen LogP) is 2.23. The third-order valence-electron chi connectivity index (χ3n) is 4.44. The number of nitrogens with one attached hydrogen (secondary N) is 2. The zero-order valence-corrected chi connectivity index (χ0v) is 14.3. The van der Waals surface area contributed by atoms with Crippen molar-refractivity contribution in [3.8, 4) is 11.3 Å². The molecule has 1 amide bonds. The molecule has 132 valence electrons. The molecule has 3 aromatic rings. The summed E-state index contributed by atoms with van der Waals surface area (Å²) in [5.74, 6) is 0.114. The Hall–Kier alpha value is -3.22. The maximum absolute atomic E-state index is 11.3. The van der Waals surface area contributed by atoms with Crippen molar-refractivity contribution in [2.45, 2.75) is 32.0 Å². The molecule has 3 heterocycles. The standard InChI is InChI=1S/C19H20N6O/c26-19-5-4-17(22-19)12-25-13-18(23-24-25)15-2-1-3-16(10-15)21-11-14-6-8-20-9-7-14/h1-3,6-10,13,17,21H,4-5,11-12H2,(H,22,26)/t17-/m0/s1. The van der Waals surface area contributed by atoms with E-state index in [4.69, 9.17) is 0 Å². The van der Waals surface area contributed by atoms with E-state index in [1.54, 1.807) is 17.1 Å². The maximum Gasteiger partial charge on any atom is 0.220 e. The highest BCUT2D eigenvalue weighted by Crippen LogP contribution is 2.21. The Bertz CT molecular complexity index is 892. The fourth-order valence-corrected chi connectivity index (χ4v) is 3.05. The van der Waals surface area contributed by atoms with Gasteiger partial charge in [0.25, 0.3) is 0 Å². The normalized spacial score (nSPS) is 16.5. The molecule has 2 N–H and O–H groups in total. The van der Waals surface area contributed by atoms with Gasteiger partial charge in [0, 0.05) is 42.7 Å². The minimum atomic E-state index is 0.114. The first-order chi connectivity index (χ1) is 12.8. The quantitative estimate of drug-likeness (QED) is 0.714. The van der Waals surface area contributed by atoms with Gasteiger partial charge in [0.15, 0.2) is 0 Å². The van der Waals surface area contributed by atoms with E-state index in [2.05, 4.69) is 32.0 Å². The van der Waals surface area contributed by atoms with E-state index in [1.165, 1.54) is 5.56 Å². The third-order valence-corrected chi connectivity index (χ3v) is 4.44. The molecule has 2 aromatic heterocycles. The SMILES string of the molecule is O=C1CC[C@@H](Cn2cc(-c3cccc(NCc4ccncc4)c3)nn2)N1. The van der Waals surface area contributed by atoms with E-state index in [1.807, 2.05) is 36.5 Å². The topological polar surface area (TPSA) is 84.7 Å². The van der Waals surface area contributed by atoms with Crippen molar-refractivity contribution in [2.24, 2.45) is 0 Å². The fourth-order valence-electron chi connectivity index (χ4n) is 3.05. The van der Waals surface area contributed by atoms with Gasteiger partial charge in [0.05, 0.1) is 12.7 Å². The van der Waals surface area contributed by atoms with Gasteiger partial charge in [-0.3, -0.25) is 9.78 Å². The van der Waals surface area contributed by atoms with Crippen LogP contribution in [0.25, 0.3) is 11.3 Å². The molecule has 0 unspecified atom stereocenters. The molecule has 0 aliphatic carbocycles. The molecule has 1 aromatic carbocycles. The Morgan fingerprint density at radius 3 is 2.92 bits per heavy atom. The monoisotopic (exact) mass is 348 g/mol. The van der Waals surface area contributed by atoms with Crippen molar-refractivity contribution < 1.29 is 4.79 Å². The number of carbonyl (C=O) groups is 1. The van der Waals surface area contributed by atoms with Crippen LogP contribution in [0.15, 0.2) is 55.0 Å². The predicted molar refractivity (Wildman–Crippen MR) is 98.2 cm³/mol. The van der Waals surface area contributed by atoms with Crippen LogP contribution in [0.5, 0.6) is 0 Å². The van der Waals surface area contributed by atoms with Crippen molar-refractivity contribution >= 4 is 11.6 Å². The summed E-state index contributed by atoms with van der Waals surface area (Å²) in [4.78, 5) is 15.3. The summed E-state index contributed by atoms with van der Waals surface area (Å²) < 4.78 is 1.79. The van der Waals surface area contributed by atoms with Crippen molar-refractivity contribution in [3.63, 3.8) is 0 Å². The van der Waals surface area contributed by atoms with E-state index in [9.17, 15) is 4.79 Å². The third kappa shape index (κ3) is 3.88. The van der Waals surface area contributed by atoms with Crippen LogP contribution in [-0.2, 0) is 17.9 Å². The average molecular weight is 348 g/mol. The molecule has 26 heavy (non-hydrogen) atoms. The largest absolute Gasteiger partial charge is 0.381 e. The summed E-state index contributed by atoms with van der Waals surface area (Å²) in [5.41, 5.74) is 4.03. The maximum atomic E-state index is 11.3. The lowest BCUT2D eigenvalue weighted by molar-refractivity contribution is -0.119. The number of anilines is 1. The molecular weight excluding hydrogens is 328 g/mol. The molecule has 0 spiro atoms. The van der Waals surface area contributed by atoms with Gasteiger partial charge in [-0.05, 0) is 36.2 Å². The zero-order chi connectivity index (χ0) is 17.8. The van der Waals surface area contributed by atoms with Gasteiger partial charge in [-0.1, -0.05) is 17.3 Å². The molecule has 0 bridgehead atoms. The van der Waals surface area contributed by atoms with Gasteiger partial charge >= 0.3 is 0 Å². The number of hydrogen-bond acceptors (Lipinski definition) is 5. The Kier molecular flexibility index (Phi) is 4.59. The highest BCUT2D eigenvalue weighted by atomic mass is 16.1. The first-order valence-electron chi connectivity index (χ1n) is 8.69. The van der Waals surface area contributed by atoms with E-state index >= 15 is 0 Å². The Labute approximate surface area is 151 Å². The minimum absolute atomic E-state index is 0.114. The molecule has 1 saturated heterocycles. The molecule has 0 saturated carbocycles. The van der Waals surface area contributed by atoms with E-state index < -0.39 is 0 Å². The molecule has 1 fully saturated rings. The number of benzene rings is 1. The van der Waals surface area contributed by atoms with Gasteiger partial charge in [-0.2, -0.15) is 0 Å². The van der Waals surface area contributed by atoms with Gasteiger partial charge in [0.1, 0.15) is 5.69 Å². The Morgan fingerprint density at radius 1 is 1.23 bits per heavy atom. The summed E-state index contributed by atoms with van der Waals surface area (Å²) in [6.45, 7) is 1.39. The van der Waals surface area contributed by atoms with Crippen LogP contribution in [-0.4, -0.2) is 31.9 Å². The molecule has 4 rings (SSSR count). The van der Waals surface area contributed by atoms with Crippen molar-refractivity contribution in [2.75, 3.05) is 5.32 Å². The second kappa shape index (κ2) is 7.35. The Balaban J connectivity index is 1.42. The lowest BCUT2D eigenvalue weighted by Crippen LogP contribution is -2.29. The highest BCUT2D eigenvalue weighted by Gasteiger charge is 2.21. The number of carbonyl (C=O) groups excluding carboxylic acids is 1. The zero-order valence-electron chi connectivity index (χ0n) is 14.3. The van der Waals surface area contributed by atoms with Crippen LogP contribution < -0.4 is 10.6 Å². The molecule has 1 atom stereocenters. The second-order valence-corrected chi connectivity index (χ2v) is 6.42. The first-order valence-corrected chi connectivity index (χ1v) is 8.69.